The van der Waals surface area contributed by atoms with Gasteiger partial charge in [-0.15, -0.1) is 0 Å². The third kappa shape index (κ3) is 4.63. The van der Waals surface area contributed by atoms with Crippen LogP contribution >= 0.6 is 0 Å². The SMILES string of the molecule is C=Cc1ccccc1C[NH2+]CCCCCC. The van der Waals surface area contributed by atoms with Crippen LogP contribution < -0.4 is 5.32 Å². The molecule has 0 bridgehead atoms. The van der Waals surface area contributed by atoms with Gasteiger partial charge in [-0.3, -0.25) is 0 Å². The largest absolute Gasteiger partial charge is 0.342 e. The first-order valence-electron chi connectivity index (χ1n) is 6.40. The highest BCUT2D eigenvalue weighted by Gasteiger charge is 1.99. The Labute approximate surface area is 99.6 Å². The first-order valence-corrected chi connectivity index (χ1v) is 6.40. The number of benzene rings is 1. The van der Waals surface area contributed by atoms with E-state index in [4.69, 9.17) is 0 Å². The monoisotopic (exact) mass is 218 g/mol. The molecule has 0 aliphatic rings. The lowest BCUT2D eigenvalue weighted by Gasteiger charge is -2.05. The Hall–Kier alpha value is -1.08. The van der Waals surface area contributed by atoms with Crippen molar-refractivity contribution in [2.24, 2.45) is 0 Å². The standard InChI is InChI=1S/C15H23N/c1-3-5-6-9-12-16-13-15-11-8-7-10-14(15)4-2/h4,7-8,10-11,16H,2-3,5-6,9,12-13H2,1H3/p+1. The fraction of sp³-hybridized carbons (Fsp3) is 0.467. The minimum atomic E-state index is 1.08. The number of hydrogen-bond donors (Lipinski definition) is 1. The molecule has 0 aromatic heterocycles. The van der Waals surface area contributed by atoms with Gasteiger partial charge in [0, 0.05) is 5.56 Å². The molecule has 1 rings (SSSR count). The van der Waals surface area contributed by atoms with E-state index in [2.05, 4.69) is 43.1 Å². The molecule has 0 saturated carbocycles. The molecule has 0 heterocycles. The lowest BCUT2D eigenvalue weighted by atomic mass is 10.1. The molecule has 0 fully saturated rings. The Kier molecular flexibility index (Phi) is 6.59. The van der Waals surface area contributed by atoms with Crippen LogP contribution in [-0.2, 0) is 6.54 Å². The molecule has 1 aromatic carbocycles. The predicted molar refractivity (Wildman–Crippen MR) is 71.2 cm³/mol. The summed E-state index contributed by atoms with van der Waals surface area (Å²) in [5.41, 5.74) is 2.67. The van der Waals surface area contributed by atoms with Crippen LogP contribution in [0.3, 0.4) is 0 Å². The lowest BCUT2D eigenvalue weighted by molar-refractivity contribution is -0.671. The summed E-state index contributed by atoms with van der Waals surface area (Å²) in [6.07, 6.45) is 7.34. The van der Waals surface area contributed by atoms with E-state index in [-0.39, 0.29) is 0 Å². The van der Waals surface area contributed by atoms with Crippen LogP contribution in [0.15, 0.2) is 30.8 Å². The maximum atomic E-state index is 3.85. The summed E-state index contributed by atoms with van der Waals surface area (Å²) in [5, 5.41) is 2.40. The highest BCUT2D eigenvalue weighted by molar-refractivity contribution is 5.51. The predicted octanol–water partition coefficient (Wildman–Crippen LogP) is 2.97. The van der Waals surface area contributed by atoms with Gasteiger partial charge in [0.25, 0.3) is 0 Å². The molecule has 0 aliphatic carbocycles. The second kappa shape index (κ2) is 8.12. The molecule has 2 N–H and O–H groups in total. The van der Waals surface area contributed by atoms with Crippen molar-refractivity contribution in [1.82, 2.24) is 0 Å². The first kappa shape index (κ1) is 13.0. The van der Waals surface area contributed by atoms with E-state index in [1.807, 2.05) is 6.08 Å². The highest BCUT2D eigenvalue weighted by atomic mass is 14.8. The number of hydrogen-bond acceptors (Lipinski definition) is 0. The third-order valence-electron chi connectivity index (χ3n) is 2.90. The summed E-state index contributed by atoms with van der Waals surface area (Å²) in [5.74, 6) is 0. The van der Waals surface area contributed by atoms with Gasteiger partial charge in [0.2, 0.25) is 0 Å². The average molecular weight is 218 g/mol. The van der Waals surface area contributed by atoms with Crippen LogP contribution in [0.5, 0.6) is 0 Å². The topological polar surface area (TPSA) is 16.6 Å². The Morgan fingerprint density at radius 1 is 1.19 bits per heavy atom. The van der Waals surface area contributed by atoms with E-state index in [1.165, 1.54) is 43.4 Å². The maximum absolute atomic E-state index is 3.85. The summed E-state index contributed by atoms with van der Waals surface area (Å²) < 4.78 is 0. The van der Waals surface area contributed by atoms with Gasteiger partial charge in [0.15, 0.2) is 0 Å². The molecule has 16 heavy (non-hydrogen) atoms. The van der Waals surface area contributed by atoms with Gasteiger partial charge in [-0.25, -0.2) is 0 Å². The smallest absolute Gasteiger partial charge is 0.102 e. The van der Waals surface area contributed by atoms with Crippen molar-refractivity contribution in [2.45, 2.75) is 39.2 Å². The molecule has 0 atom stereocenters. The summed E-state index contributed by atoms with van der Waals surface area (Å²) in [4.78, 5) is 0. The summed E-state index contributed by atoms with van der Waals surface area (Å²) in [6.45, 7) is 8.42. The van der Waals surface area contributed by atoms with E-state index in [0.29, 0.717) is 0 Å². The van der Waals surface area contributed by atoms with Crippen molar-refractivity contribution in [3.63, 3.8) is 0 Å². The highest BCUT2D eigenvalue weighted by Crippen LogP contribution is 2.07. The van der Waals surface area contributed by atoms with Gasteiger partial charge in [-0.05, 0) is 18.4 Å². The Morgan fingerprint density at radius 2 is 2.00 bits per heavy atom. The summed E-state index contributed by atoms with van der Waals surface area (Å²) >= 11 is 0. The van der Waals surface area contributed by atoms with E-state index >= 15 is 0 Å². The maximum Gasteiger partial charge on any atom is 0.102 e. The minimum absolute atomic E-state index is 1.08. The zero-order valence-corrected chi connectivity index (χ0v) is 10.4. The average Bonchev–Trinajstić information content (AvgIpc) is 2.34. The van der Waals surface area contributed by atoms with Crippen LogP contribution in [0.1, 0.15) is 43.7 Å². The minimum Gasteiger partial charge on any atom is -0.342 e. The van der Waals surface area contributed by atoms with E-state index in [0.717, 1.165) is 6.54 Å². The lowest BCUT2D eigenvalue weighted by Crippen LogP contribution is -2.82. The van der Waals surface area contributed by atoms with Crippen molar-refractivity contribution in [1.29, 1.82) is 0 Å². The zero-order chi connectivity index (χ0) is 11.6. The van der Waals surface area contributed by atoms with Crippen LogP contribution in [-0.4, -0.2) is 6.54 Å². The number of unbranched alkanes of at least 4 members (excludes halogenated alkanes) is 3. The van der Waals surface area contributed by atoms with Gasteiger partial charge in [-0.1, -0.05) is 56.7 Å². The fourth-order valence-electron chi connectivity index (χ4n) is 1.89. The van der Waals surface area contributed by atoms with Crippen LogP contribution in [0.2, 0.25) is 0 Å². The number of rotatable bonds is 8. The Balaban J connectivity index is 2.23. The van der Waals surface area contributed by atoms with Crippen LogP contribution in [0.4, 0.5) is 0 Å². The van der Waals surface area contributed by atoms with Crippen molar-refractivity contribution in [2.75, 3.05) is 6.54 Å². The number of quaternary nitrogens is 1. The number of nitrogens with two attached hydrogens (primary N) is 1. The van der Waals surface area contributed by atoms with Crippen molar-refractivity contribution < 1.29 is 5.32 Å². The molecule has 0 unspecified atom stereocenters. The van der Waals surface area contributed by atoms with E-state index in [9.17, 15) is 0 Å². The normalized spacial score (nSPS) is 10.3. The molecule has 1 heteroatoms. The third-order valence-corrected chi connectivity index (χ3v) is 2.90. The van der Waals surface area contributed by atoms with Crippen molar-refractivity contribution >= 4 is 6.08 Å². The van der Waals surface area contributed by atoms with Crippen molar-refractivity contribution in [3.05, 3.63) is 42.0 Å². The first-order chi connectivity index (χ1) is 7.88. The zero-order valence-electron chi connectivity index (χ0n) is 10.4. The quantitative estimate of drug-likeness (QED) is 0.646. The van der Waals surface area contributed by atoms with Gasteiger partial charge in [0.1, 0.15) is 6.54 Å². The second-order valence-electron chi connectivity index (χ2n) is 4.25. The molecule has 1 aromatic rings. The summed E-state index contributed by atoms with van der Waals surface area (Å²) in [7, 11) is 0. The molecular weight excluding hydrogens is 194 g/mol. The molecule has 0 spiro atoms. The van der Waals surface area contributed by atoms with Gasteiger partial charge < -0.3 is 5.32 Å². The molecule has 0 aliphatic heterocycles. The Morgan fingerprint density at radius 3 is 2.75 bits per heavy atom. The second-order valence-corrected chi connectivity index (χ2v) is 4.25. The fourth-order valence-corrected chi connectivity index (χ4v) is 1.89. The molecular formula is C15H24N+. The van der Waals surface area contributed by atoms with Gasteiger partial charge >= 0.3 is 0 Å². The molecule has 0 radical (unpaired) electrons. The Bertz CT molecular complexity index is 304. The van der Waals surface area contributed by atoms with Crippen LogP contribution in [0.25, 0.3) is 6.08 Å². The van der Waals surface area contributed by atoms with Gasteiger partial charge in [0.05, 0.1) is 6.54 Å². The van der Waals surface area contributed by atoms with Crippen LogP contribution in [0, 0.1) is 0 Å². The van der Waals surface area contributed by atoms with E-state index in [1.54, 1.807) is 0 Å². The van der Waals surface area contributed by atoms with Gasteiger partial charge in [-0.2, -0.15) is 0 Å². The van der Waals surface area contributed by atoms with Crippen molar-refractivity contribution in [3.8, 4) is 0 Å². The molecule has 1 nitrogen and oxygen atoms in total. The molecule has 88 valence electrons. The summed E-state index contributed by atoms with van der Waals surface area (Å²) in [6, 6.07) is 8.50. The molecule has 0 saturated heterocycles. The van der Waals surface area contributed by atoms with E-state index < -0.39 is 0 Å². The molecule has 0 amide bonds.